The smallest absolute Gasteiger partial charge is 0.204 e. The van der Waals surface area contributed by atoms with Gasteiger partial charge in [-0.25, -0.2) is 0 Å². The molecule has 0 radical (unpaired) electrons. The molecule has 0 aliphatic carbocycles. The normalized spacial score (nSPS) is 15.0. The largest absolute Gasteiger partial charge is 0.495 e. The molecule has 0 amide bonds. The first-order valence-electron chi connectivity index (χ1n) is 7.98. The SMILES string of the molecule is COc1cccc2c(=O)c3c(OC)c4c(cc3oc12)OC(C)(C)C=C4. The second-order valence-corrected chi connectivity index (χ2v) is 6.50. The average Bonchev–Trinajstić information content (AvgIpc) is 2.58. The van der Waals surface area contributed by atoms with Crippen LogP contribution in [-0.4, -0.2) is 19.8 Å². The van der Waals surface area contributed by atoms with Crippen LogP contribution in [0.4, 0.5) is 0 Å². The van der Waals surface area contributed by atoms with E-state index in [-0.39, 0.29) is 5.43 Å². The Kier molecular flexibility index (Phi) is 3.29. The Bertz CT molecular complexity index is 1090. The van der Waals surface area contributed by atoms with Crippen LogP contribution in [0, 0.1) is 0 Å². The van der Waals surface area contributed by atoms with Crippen molar-refractivity contribution in [3.8, 4) is 17.2 Å². The molecule has 3 aromatic rings. The third-order valence-electron chi connectivity index (χ3n) is 4.36. The van der Waals surface area contributed by atoms with E-state index in [0.29, 0.717) is 39.2 Å². The molecule has 1 aromatic heterocycles. The Morgan fingerprint density at radius 1 is 1.12 bits per heavy atom. The molecule has 0 atom stereocenters. The van der Waals surface area contributed by atoms with Crippen LogP contribution in [0.15, 0.2) is 39.6 Å². The predicted molar refractivity (Wildman–Crippen MR) is 96.8 cm³/mol. The second kappa shape index (κ2) is 5.28. The lowest BCUT2D eigenvalue weighted by atomic mass is 9.99. The highest BCUT2D eigenvalue weighted by Crippen LogP contribution is 2.42. The molecule has 0 fully saturated rings. The summed E-state index contributed by atoms with van der Waals surface area (Å²) in [5.41, 5.74) is 0.955. The molecule has 0 saturated carbocycles. The van der Waals surface area contributed by atoms with E-state index in [9.17, 15) is 4.79 Å². The van der Waals surface area contributed by atoms with Crippen LogP contribution < -0.4 is 19.6 Å². The molecule has 0 N–H and O–H groups in total. The zero-order valence-electron chi connectivity index (χ0n) is 14.5. The molecule has 0 bridgehead atoms. The molecule has 128 valence electrons. The first kappa shape index (κ1) is 15.6. The van der Waals surface area contributed by atoms with Crippen molar-refractivity contribution in [3.05, 3.63) is 46.1 Å². The summed E-state index contributed by atoms with van der Waals surface area (Å²) in [5, 5.41) is 0.848. The molecule has 25 heavy (non-hydrogen) atoms. The zero-order valence-corrected chi connectivity index (χ0v) is 14.5. The van der Waals surface area contributed by atoms with Gasteiger partial charge < -0.3 is 18.6 Å². The lowest BCUT2D eigenvalue weighted by Crippen LogP contribution is -2.27. The minimum absolute atomic E-state index is 0.159. The molecule has 1 aliphatic rings. The van der Waals surface area contributed by atoms with E-state index in [1.54, 1.807) is 31.4 Å². The number of hydrogen-bond acceptors (Lipinski definition) is 5. The predicted octanol–water partition coefficient (Wildman–Crippen LogP) is 4.15. The van der Waals surface area contributed by atoms with Crippen LogP contribution in [0.3, 0.4) is 0 Å². The first-order valence-corrected chi connectivity index (χ1v) is 7.98. The minimum atomic E-state index is -0.444. The molecule has 2 heterocycles. The van der Waals surface area contributed by atoms with Gasteiger partial charge in [-0.1, -0.05) is 6.07 Å². The van der Waals surface area contributed by atoms with Crippen LogP contribution >= 0.6 is 0 Å². The highest BCUT2D eigenvalue weighted by atomic mass is 16.5. The van der Waals surface area contributed by atoms with E-state index in [0.717, 1.165) is 5.56 Å². The van der Waals surface area contributed by atoms with Gasteiger partial charge in [0, 0.05) is 6.07 Å². The van der Waals surface area contributed by atoms with Crippen molar-refractivity contribution >= 4 is 28.0 Å². The average molecular weight is 338 g/mol. The van der Waals surface area contributed by atoms with Crippen molar-refractivity contribution in [3.63, 3.8) is 0 Å². The molecule has 0 spiro atoms. The second-order valence-electron chi connectivity index (χ2n) is 6.50. The Morgan fingerprint density at radius 3 is 2.64 bits per heavy atom. The van der Waals surface area contributed by atoms with E-state index in [1.807, 2.05) is 26.0 Å². The Labute approximate surface area is 144 Å². The molecule has 0 saturated heterocycles. The number of rotatable bonds is 2. The van der Waals surface area contributed by atoms with E-state index >= 15 is 0 Å². The minimum Gasteiger partial charge on any atom is -0.495 e. The van der Waals surface area contributed by atoms with Crippen molar-refractivity contribution in [2.24, 2.45) is 0 Å². The van der Waals surface area contributed by atoms with E-state index < -0.39 is 5.60 Å². The van der Waals surface area contributed by atoms with Crippen molar-refractivity contribution in [2.75, 3.05) is 14.2 Å². The van der Waals surface area contributed by atoms with Gasteiger partial charge in [-0.05, 0) is 38.1 Å². The lowest BCUT2D eigenvalue weighted by Gasteiger charge is -2.28. The summed E-state index contributed by atoms with van der Waals surface area (Å²) in [6.07, 6.45) is 3.86. The van der Waals surface area contributed by atoms with Gasteiger partial charge in [0.25, 0.3) is 0 Å². The molecule has 4 rings (SSSR count). The molecule has 5 heteroatoms. The first-order chi connectivity index (χ1) is 11.9. The summed E-state index contributed by atoms with van der Waals surface area (Å²) in [5.74, 6) is 1.58. The number of para-hydroxylation sites is 1. The lowest BCUT2D eigenvalue weighted by molar-refractivity contribution is 0.158. The topological polar surface area (TPSA) is 57.9 Å². The fourth-order valence-corrected chi connectivity index (χ4v) is 3.18. The number of benzene rings is 2. The summed E-state index contributed by atoms with van der Waals surface area (Å²) < 4.78 is 22.9. The molecule has 5 nitrogen and oxygen atoms in total. The summed E-state index contributed by atoms with van der Waals surface area (Å²) in [6, 6.07) is 6.98. The maximum absolute atomic E-state index is 13.1. The summed E-state index contributed by atoms with van der Waals surface area (Å²) >= 11 is 0. The van der Waals surface area contributed by atoms with Gasteiger partial charge in [-0.3, -0.25) is 4.79 Å². The van der Waals surface area contributed by atoms with Crippen molar-refractivity contribution < 1.29 is 18.6 Å². The Balaban J connectivity index is 2.17. The summed E-state index contributed by atoms with van der Waals surface area (Å²) in [4.78, 5) is 13.1. The Hall–Kier alpha value is -2.95. The van der Waals surface area contributed by atoms with Gasteiger partial charge in [0.15, 0.2) is 11.3 Å². The highest BCUT2D eigenvalue weighted by molar-refractivity contribution is 5.98. The zero-order chi connectivity index (χ0) is 17.8. The fourth-order valence-electron chi connectivity index (χ4n) is 3.18. The van der Waals surface area contributed by atoms with Gasteiger partial charge in [0.2, 0.25) is 5.43 Å². The highest BCUT2D eigenvalue weighted by Gasteiger charge is 2.27. The third-order valence-corrected chi connectivity index (χ3v) is 4.36. The van der Waals surface area contributed by atoms with Crippen LogP contribution in [0.25, 0.3) is 28.0 Å². The summed E-state index contributed by atoms with van der Waals surface area (Å²) in [7, 11) is 3.08. The van der Waals surface area contributed by atoms with E-state index in [4.69, 9.17) is 18.6 Å². The van der Waals surface area contributed by atoms with E-state index in [2.05, 4.69) is 0 Å². The Morgan fingerprint density at radius 2 is 1.92 bits per heavy atom. The quantitative estimate of drug-likeness (QED) is 0.657. The van der Waals surface area contributed by atoms with Crippen molar-refractivity contribution in [2.45, 2.75) is 19.4 Å². The maximum atomic E-state index is 13.1. The number of methoxy groups -OCH3 is 2. The maximum Gasteiger partial charge on any atom is 0.204 e. The van der Waals surface area contributed by atoms with Crippen LogP contribution in [0.2, 0.25) is 0 Å². The van der Waals surface area contributed by atoms with Crippen molar-refractivity contribution in [1.29, 1.82) is 0 Å². The fraction of sp³-hybridized carbons (Fsp3) is 0.250. The molecular formula is C20H18O5. The monoisotopic (exact) mass is 338 g/mol. The van der Waals surface area contributed by atoms with E-state index in [1.165, 1.54) is 7.11 Å². The van der Waals surface area contributed by atoms with Gasteiger partial charge in [-0.15, -0.1) is 0 Å². The van der Waals surface area contributed by atoms with Gasteiger partial charge >= 0.3 is 0 Å². The van der Waals surface area contributed by atoms with Crippen LogP contribution in [-0.2, 0) is 0 Å². The van der Waals surface area contributed by atoms with Gasteiger partial charge in [0.1, 0.15) is 28.1 Å². The number of hydrogen-bond donors (Lipinski definition) is 0. The third kappa shape index (κ3) is 2.27. The van der Waals surface area contributed by atoms with Crippen LogP contribution in [0.5, 0.6) is 17.2 Å². The standard InChI is InChI=1S/C20H18O5/c1-20(2)9-8-11-14(25-20)10-15-16(19(11)23-4)17(21)12-6-5-7-13(22-3)18(12)24-15/h5-10H,1-4H3. The summed E-state index contributed by atoms with van der Waals surface area (Å²) in [6.45, 7) is 3.92. The van der Waals surface area contributed by atoms with Gasteiger partial charge in [0.05, 0.1) is 25.2 Å². The molecular weight excluding hydrogens is 320 g/mol. The van der Waals surface area contributed by atoms with Gasteiger partial charge in [-0.2, -0.15) is 0 Å². The van der Waals surface area contributed by atoms with Crippen LogP contribution in [0.1, 0.15) is 19.4 Å². The van der Waals surface area contributed by atoms with Crippen molar-refractivity contribution in [1.82, 2.24) is 0 Å². The molecule has 1 aliphatic heterocycles. The molecule has 2 aromatic carbocycles. The number of ether oxygens (including phenoxy) is 3. The molecule has 0 unspecified atom stereocenters. The number of fused-ring (bicyclic) bond motifs is 3.